The molecule has 0 unspecified atom stereocenters. The standard InChI is InChI=1S/C22H33N3O/c1-15-5-4-10-22(2,3)18(15)9-12-25-11-8-17-19(14-25)23-20(24-21(17)26)13-16-6-7-16/h16H,4-14H2,1-3H3,(H,23,24,26). The van der Waals surface area contributed by atoms with Gasteiger partial charge in [-0.05, 0) is 63.2 Å². The van der Waals surface area contributed by atoms with E-state index in [9.17, 15) is 4.79 Å². The maximum Gasteiger partial charge on any atom is 0.254 e. The van der Waals surface area contributed by atoms with E-state index < -0.39 is 0 Å². The molecule has 1 saturated carbocycles. The molecule has 0 amide bonds. The fourth-order valence-corrected chi connectivity index (χ4v) is 4.92. The lowest BCUT2D eigenvalue weighted by Gasteiger charge is -2.36. The molecule has 2 aliphatic carbocycles. The van der Waals surface area contributed by atoms with E-state index in [1.54, 1.807) is 11.1 Å². The van der Waals surface area contributed by atoms with Crippen molar-refractivity contribution in [2.45, 2.75) is 78.7 Å². The van der Waals surface area contributed by atoms with Crippen LogP contribution in [0.15, 0.2) is 15.9 Å². The smallest absolute Gasteiger partial charge is 0.254 e. The van der Waals surface area contributed by atoms with E-state index in [4.69, 9.17) is 4.98 Å². The number of hydrogen-bond donors (Lipinski definition) is 1. The maximum atomic E-state index is 12.4. The van der Waals surface area contributed by atoms with Crippen molar-refractivity contribution in [1.82, 2.24) is 14.9 Å². The van der Waals surface area contributed by atoms with Crippen LogP contribution in [0, 0.1) is 11.3 Å². The van der Waals surface area contributed by atoms with Crippen LogP contribution in [-0.2, 0) is 19.4 Å². The molecule has 26 heavy (non-hydrogen) atoms. The van der Waals surface area contributed by atoms with Gasteiger partial charge in [-0.3, -0.25) is 9.69 Å². The van der Waals surface area contributed by atoms with Gasteiger partial charge >= 0.3 is 0 Å². The monoisotopic (exact) mass is 355 g/mol. The van der Waals surface area contributed by atoms with Crippen molar-refractivity contribution in [1.29, 1.82) is 0 Å². The number of allylic oxidation sites excluding steroid dienone is 1. The van der Waals surface area contributed by atoms with Crippen molar-refractivity contribution in [3.63, 3.8) is 0 Å². The average molecular weight is 356 g/mol. The first kappa shape index (κ1) is 18.0. The first-order valence-corrected chi connectivity index (χ1v) is 10.4. The summed E-state index contributed by atoms with van der Waals surface area (Å²) in [4.78, 5) is 22.8. The van der Waals surface area contributed by atoms with E-state index in [2.05, 4.69) is 30.7 Å². The van der Waals surface area contributed by atoms with Crippen LogP contribution in [0.5, 0.6) is 0 Å². The molecule has 4 rings (SSSR count). The lowest BCUT2D eigenvalue weighted by molar-refractivity contribution is 0.240. The van der Waals surface area contributed by atoms with Crippen LogP contribution in [0.4, 0.5) is 0 Å². The Morgan fingerprint density at radius 1 is 1.27 bits per heavy atom. The highest BCUT2D eigenvalue weighted by Crippen LogP contribution is 2.41. The highest BCUT2D eigenvalue weighted by atomic mass is 16.1. The Labute approximate surface area is 157 Å². The summed E-state index contributed by atoms with van der Waals surface area (Å²) in [6.07, 6.45) is 9.43. The van der Waals surface area contributed by atoms with Gasteiger partial charge in [-0.15, -0.1) is 0 Å². The average Bonchev–Trinajstić information content (AvgIpc) is 3.37. The molecular formula is C22H33N3O. The van der Waals surface area contributed by atoms with Crippen molar-refractivity contribution in [3.8, 4) is 0 Å². The zero-order chi connectivity index (χ0) is 18.3. The van der Waals surface area contributed by atoms with Crippen molar-refractivity contribution < 1.29 is 0 Å². The van der Waals surface area contributed by atoms with Crippen LogP contribution in [-0.4, -0.2) is 28.0 Å². The van der Waals surface area contributed by atoms with E-state index >= 15 is 0 Å². The van der Waals surface area contributed by atoms with Gasteiger partial charge in [0, 0.05) is 31.6 Å². The highest BCUT2D eigenvalue weighted by molar-refractivity contribution is 5.24. The minimum absolute atomic E-state index is 0.109. The summed E-state index contributed by atoms with van der Waals surface area (Å²) in [7, 11) is 0. The van der Waals surface area contributed by atoms with Gasteiger partial charge < -0.3 is 4.98 Å². The summed E-state index contributed by atoms with van der Waals surface area (Å²) >= 11 is 0. The van der Waals surface area contributed by atoms with Gasteiger partial charge in [0.1, 0.15) is 5.82 Å². The fraction of sp³-hybridized carbons (Fsp3) is 0.727. The molecule has 0 aromatic carbocycles. The van der Waals surface area contributed by atoms with Gasteiger partial charge in [0.15, 0.2) is 0 Å². The van der Waals surface area contributed by atoms with Crippen LogP contribution in [0.2, 0.25) is 0 Å². The minimum atomic E-state index is 0.109. The number of aromatic nitrogens is 2. The number of aromatic amines is 1. The minimum Gasteiger partial charge on any atom is -0.310 e. The van der Waals surface area contributed by atoms with Gasteiger partial charge in [-0.2, -0.15) is 0 Å². The molecule has 4 heteroatoms. The number of fused-ring (bicyclic) bond motifs is 1. The predicted molar refractivity (Wildman–Crippen MR) is 105 cm³/mol. The van der Waals surface area contributed by atoms with Crippen LogP contribution >= 0.6 is 0 Å². The summed E-state index contributed by atoms with van der Waals surface area (Å²) in [5, 5.41) is 0. The maximum absolute atomic E-state index is 12.4. The van der Waals surface area contributed by atoms with Gasteiger partial charge in [0.2, 0.25) is 0 Å². The molecule has 0 saturated heterocycles. The zero-order valence-corrected chi connectivity index (χ0v) is 16.7. The molecule has 0 radical (unpaired) electrons. The largest absolute Gasteiger partial charge is 0.310 e. The van der Waals surface area contributed by atoms with Crippen LogP contribution in [0.25, 0.3) is 0 Å². The van der Waals surface area contributed by atoms with Crippen molar-refractivity contribution in [3.05, 3.63) is 38.6 Å². The molecule has 1 aromatic rings. The SMILES string of the molecule is CC1=C(CCN2CCc3c(nc(CC4CC4)[nH]c3=O)C2)C(C)(C)CCC1. The second kappa shape index (κ2) is 6.95. The number of H-pyrrole nitrogens is 1. The topological polar surface area (TPSA) is 49.0 Å². The summed E-state index contributed by atoms with van der Waals surface area (Å²) in [5.74, 6) is 1.66. The van der Waals surface area contributed by atoms with E-state index in [-0.39, 0.29) is 5.56 Å². The second-order valence-corrected chi connectivity index (χ2v) is 9.36. The molecule has 1 aromatic heterocycles. The quantitative estimate of drug-likeness (QED) is 0.812. The molecule has 1 N–H and O–H groups in total. The van der Waals surface area contributed by atoms with Crippen LogP contribution in [0.3, 0.4) is 0 Å². The second-order valence-electron chi connectivity index (χ2n) is 9.36. The third kappa shape index (κ3) is 3.80. The predicted octanol–water partition coefficient (Wildman–Crippen LogP) is 4.00. The van der Waals surface area contributed by atoms with Crippen molar-refractivity contribution in [2.75, 3.05) is 13.1 Å². The third-order valence-electron chi connectivity index (χ3n) is 6.74. The van der Waals surface area contributed by atoms with Crippen LogP contribution in [0.1, 0.15) is 76.4 Å². The molecular weight excluding hydrogens is 322 g/mol. The Morgan fingerprint density at radius 2 is 2.08 bits per heavy atom. The van der Waals surface area contributed by atoms with Crippen molar-refractivity contribution in [2.24, 2.45) is 11.3 Å². The molecule has 0 atom stereocenters. The molecule has 0 spiro atoms. The van der Waals surface area contributed by atoms with E-state index in [1.165, 1.54) is 32.1 Å². The first-order valence-electron chi connectivity index (χ1n) is 10.4. The van der Waals surface area contributed by atoms with Gasteiger partial charge in [0.05, 0.1) is 5.69 Å². The fourth-order valence-electron chi connectivity index (χ4n) is 4.92. The normalized spacial score (nSPS) is 23.2. The lowest BCUT2D eigenvalue weighted by Crippen LogP contribution is -2.37. The Hall–Kier alpha value is -1.42. The van der Waals surface area contributed by atoms with Crippen molar-refractivity contribution >= 4 is 0 Å². The number of hydrogen-bond acceptors (Lipinski definition) is 3. The summed E-state index contributed by atoms with van der Waals surface area (Å²) in [6.45, 7) is 10.0. The third-order valence-corrected chi connectivity index (χ3v) is 6.74. The van der Waals surface area contributed by atoms with Gasteiger partial charge in [-0.25, -0.2) is 4.98 Å². The molecule has 0 bridgehead atoms. The number of nitrogens with zero attached hydrogens (tertiary/aromatic N) is 2. The Morgan fingerprint density at radius 3 is 2.81 bits per heavy atom. The summed E-state index contributed by atoms with van der Waals surface area (Å²) in [5.41, 5.74) is 5.70. The Balaban J connectivity index is 1.44. The van der Waals surface area contributed by atoms with Crippen LogP contribution < -0.4 is 5.56 Å². The molecule has 1 aliphatic heterocycles. The highest BCUT2D eigenvalue weighted by Gasteiger charge is 2.29. The van der Waals surface area contributed by atoms with Gasteiger partial charge in [0.25, 0.3) is 5.56 Å². The zero-order valence-electron chi connectivity index (χ0n) is 16.7. The van der Waals surface area contributed by atoms with E-state index in [1.807, 2.05) is 0 Å². The molecule has 2 heterocycles. The Kier molecular flexibility index (Phi) is 4.81. The van der Waals surface area contributed by atoms with Gasteiger partial charge in [-0.1, -0.05) is 25.0 Å². The molecule has 3 aliphatic rings. The molecule has 4 nitrogen and oxygen atoms in total. The molecule has 142 valence electrons. The Bertz CT molecular complexity index is 770. The van der Waals surface area contributed by atoms with E-state index in [0.29, 0.717) is 5.41 Å². The van der Waals surface area contributed by atoms with E-state index in [0.717, 1.165) is 61.9 Å². The number of rotatable bonds is 5. The summed E-state index contributed by atoms with van der Waals surface area (Å²) in [6, 6.07) is 0. The summed E-state index contributed by atoms with van der Waals surface area (Å²) < 4.78 is 0. The molecule has 1 fully saturated rings. The lowest BCUT2D eigenvalue weighted by atomic mass is 9.71. The number of nitrogens with one attached hydrogen (secondary N) is 1. The first-order chi connectivity index (χ1) is 12.4.